The number of anilines is 3. The van der Waals surface area contributed by atoms with Gasteiger partial charge in [0.05, 0.1) is 21.5 Å². The van der Waals surface area contributed by atoms with Crippen LogP contribution in [-0.2, 0) is 9.59 Å². The Kier molecular flexibility index (Phi) is 6.89. The Morgan fingerprint density at radius 3 is 1.67 bits per heavy atom. The van der Waals surface area contributed by atoms with E-state index in [0.717, 1.165) is 19.1 Å². The number of hydrogen-bond donors (Lipinski definition) is 5. The van der Waals surface area contributed by atoms with Crippen LogP contribution in [0.2, 0.25) is 0 Å². The minimum Gasteiger partial charge on any atom is -0.508 e. The zero-order chi connectivity index (χ0) is 31.3. The molecule has 2 amide bonds. The highest BCUT2D eigenvalue weighted by Gasteiger charge is 2.27. The highest BCUT2D eigenvalue weighted by Crippen LogP contribution is 2.21. The third-order valence-corrected chi connectivity index (χ3v) is 7.08. The predicted molar refractivity (Wildman–Crippen MR) is 157 cm³/mol. The van der Waals surface area contributed by atoms with E-state index < -0.39 is 52.1 Å². The molecule has 0 spiro atoms. The van der Waals surface area contributed by atoms with Gasteiger partial charge in [-0.05, 0) is 68.4 Å². The van der Waals surface area contributed by atoms with Gasteiger partial charge in [-0.15, -0.1) is 0 Å². The molecule has 0 radical (unpaired) electrons. The van der Waals surface area contributed by atoms with Gasteiger partial charge in [-0.3, -0.25) is 37.9 Å². The largest absolute Gasteiger partial charge is 0.508 e. The summed E-state index contributed by atoms with van der Waals surface area (Å²) in [5.41, 5.74) is 3.03. The fourth-order valence-electron chi connectivity index (χ4n) is 4.79. The molecular weight excluding hydrogens is 562 g/mol. The van der Waals surface area contributed by atoms with Crippen LogP contribution in [0.15, 0.2) is 73.8 Å². The van der Waals surface area contributed by atoms with E-state index in [-0.39, 0.29) is 44.2 Å². The molecular formula is C29H23N5O9. The topological polar surface area (TPSA) is 220 Å². The van der Waals surface area contributed by atoms with Crippen LogP contribution in [0.4, 0.5) is 17.1 Å². The number of carboxylic acid groups (broad SMARTS) is 1. The minimum atomic E-state index is -1.47. The van der Waals surface area contributed by atoms with Crippen molar-refractivity contribution in [1.29, 1.82) is 0 Å². The van der Waals surface area contributed by atoms with Crippen LogP contribution in [0.1, 0.15) is 36.3 Å². The minimum absolute atomic E-state index is 0.0160. The lowest BCUT2D eigenvalue weighted by Crippen LogP contribution is -2.35. The summed E-state index contributed by atoms with van der Waals surface area (Å²) in [7, 11) is 0. The summed E-state index contributed by atoms with van der Waals surface area (Å²) in [6.07, 6.45) is 0. The molecule has 3 aromatic carbocycles. The summed E-state index contributed by atoms with van der Waals surface area (Å²) < 4.78 is 1.21. The van der Waals surface area contributed by atoms with Gasteiger partial charge in [0.2, 0.25) is 5.91 Å². The smallest absolute Gasteiger partial charge is 0.326 e. The van der Waals surface area contributed by atoms with Gasteiger partial charge in [0, 0.05) is 22.6 Å². The van der Waals surface area contributed by atoms with E-state index >= 15 is 0 Å². The molecule has 2 aromatic heterocycles. The number of carboxylic acids is 1. The molecule has 43 heavy (non-hydrogen) atoms. The van der Waals surface area contributed by atoms with Crippen LogP contribution >= 0.6 is 0 Å². The highest BCUT2D eigenvalue weighted by molar-refractivity contribution is 6.06. The molecule has 5 aromatic rings. The first kappa shape index (κ1) is 28.5. The lowest BCUT2D eigenvalue weighted by molar-refractivity contribution is -0.140. The molecule has 218 valence electrons. The molecule has 0 bridgehead atoms. The predicted octanol–water partition coefficient (Wildman–Crippen LogP) is 1.30. The second-order valence-electron chi connectivity index (χ2n) is 9.93. The van der Waals surface area contributed by atoms with Crippen molar-refractivity contribution in [3.63, 3.8) is 0 Å². The van der Waals surface area contributed by atoms with Gasteiger partial charge in [0.1, 0.15) is 17.8 Å². The van der Waals surface area contributed by atoms with Crippen LogP contribution in [0.25, 0.3) is 21.5 Å². The number of aromatic hydroxyl groups is 1. The Labute approximate surface area is 239 Å². The van der Waals surface area contributed by atoms with E-state index in [1.165, 1.54) is 49.4 Å². The first-order valence-corrected chi connectivity index (χ1v) is 12.8. The van der Waals surface area contributed by atoms with Crippen molar-refractivity contribution in [3.8, 4) is 5.75 Å². The SMILES string of the molecule is C[C@@H](C(=O)O)n1c(=O)c2cc3c(=O)n([C@@H](C)C(=O)Nc4cc(N)cc(C(=O)Nc5ccc(O)cc5)c4)c(=O)c3cc2c1=O. The number of aromatic nitrogens is 2. The summed E-state index contributed by atoms with van der Waals surface area (Å²) >= 11 is 0. The molecule has 0 fully saturated rings. The van der Waals surface area contributed by atoms with E-state index in [1.54, 1.807) is 0 Å². The van der Waals surface area contributed by atoms with Crippen molar-refractivity contribution in [1.82, 2.24) is 9.13 Å². The van der Waals surface area contributed by atoms with E-state index in [2.05, 4.69) is 10.6 Å². The molecule has 0 saturated carbocycles. The quantitative estimate of drug-likeness (QED) is 0.136. The second-order valence-corrected chi connectivity index (χ2v) is 9.93. The molecule has 5 rings (SSSR count). The van der Waals surface area contributed by atoms with Crippen LogP contribution < -0.4 is 38.6 Å². The van der Waals surface area contributed by atoms with Gasteiger partial charge < -0.3 is 26.6 Å². The molecule has 14 heteroatoms. The van der Waals surface area contributed by atoms with Gasteiger partial charge >= 0.3 is 5.97 Å². The van der Waals surface area contributed by atoms with Crippen LogP contribution in [0, 0.1) is 0 Å². The molecule has 0 saturated heterocycles. The van der Waals surface area contributed by atoms with Crippen molar-refractivity contribution in [2.45, 2.75) is 25.9 Å². The Morgan fingerprint density at radius 2 is 1.19 bits per heavy atom. The first-order valence-electron chi connectivity index (χ1n) is 12.8. The zero-order valence-electron chi connectivity index (χ0n) is 22.6. The number of benzene rings is 3. The van der Waals surface area contributed by atoms with Gasteiger partial charge in [0.15, 0.2) is 0 Å². The zero-order valence-corrected chi connectivity index (χ0v) is 22.6. The molecule has 0 aliphatic heterocycles. The maximum atomic E-state index is 13.2. The third kappa shape index (κ3) is 4.90. The van der Waals surface area contributed by atoms with Crippen molar-refractivity contribution in [3.05, 3.63) is 102 Å². The fraction of sp³-hybridized carbons (Fsp3) is 0.138. The monoisotopic (exact) mass is 585 g/mol. The van der Waals surface area contributed by atoms with Crippen LogP contribution in [0.3, 0.4) is 0 Å². The Hall–Kier alpha value is -6.05. The summed E-state index contributed by atoms with van der Waals surface area (Å²) in [6, 6.07) is 9.10. The van der Waals surface area contributed by atoms with Crippen molar-refractivity contribution < 1.29 is 24.6 Å². The maximum Gasteiger partial charge on any atom is 0.326 e. The summed E-state index contributed by atoms with van der Waals surface area (Å²) in [5.74, 6) is -2.76. The second kappa shape index (κ2) is 10.4. The van der Waals surface area contributed by atoms with Gasteiger partial charge in [-0.2, -0.15) is 0 Å². The molecule has 2 heterocycles. The van der Waals surface area contributed by atoms with Crippen molar-refractivity contribution >= 4 is 56.4 Å². The number of hydrogen-bond acceptors (Lipinski definition) is 9. The number of carbonyl (C=O) groups is 3. The standard InChI is InChI=1S/C29H23N5O9/c1-12(23(36)32-17-8-14(7-15(30)9-17)24(37)31-16-3-5-18(35)6-4-16)33-25(38)19-10-21-22(11-20(19)26(33)39)28(41)34(27(21)40)13(2)29(42)43/h3-13,35H,30H2,1-2H3,(H,31,37)(H,32,36)(H,42,43)/t12-,13-/m0/s1. The third-order valence-electron chi connectivity index (χ3n) is 7.08. The van der Waals surface area contributed by atoms with E-state index in [9.17, 15) is 43.8 Å². The number of fused-ring (bicyclic) bond motifs is 2. The first-order chi connectivity index (χ1) is 20.3. The van der Waals surface area contributed by atoms with E-state index in [0.29, 0.717) is 14.8 Å². The van der Waals surface area contributed by atoms with E-state index in [1.807, 2.05) is 0 Å². The lowest BCUT2D eigenvalue weighted by atomic mass is 10.1. The average molecular weight is 586 g/mol. The molecule has 0 aliphatic carbocycles. The number of nitrogen functional groups attached to an aromatic ring is 1. The van der Waals surface area contributed by atoms with Gasteiger partial charge in [-0.25, -0.2) is 4.79 Å². The number of nitrogens with one attached hydrogen (secondary N) is 2. The summed E-state index contributed by atoms with van der Waals surface area (Å²) in [6.45, 7) is 2.45. The van der Waals surface area contributed by atoms with Crippen LogP contribution in [-0.4, -0.2) is 37.1 Å². The number of aliphatic carboxylic acids is 1. The molecule has 6 N–H and O–H groups in total. The number of nitrogens with two attached hydrogens (primary N) is 1. The number of amides is 2. The number of carbonyl (C=O) groups excluding carboxylic acids is 2. The molecule has 2 atom stereocenters. The molecule has 0 unspecified atom stereocenters. The van der Waals surface area contributed by atoms with Gasteiger partial charge in [0.25, 0.3) is 28.1 Å². The molecule has 14 nitrogen and oxygen atoms in total. The Morgan fingerprint density at radius 1 is 0.698 bits per heavy atom. The highest BCUT2D eigenvalue weighted by atomic mass is 16.4. The van der Waals surface area contributed by atoms with Crippen molar-refractivity contribution in [2.75, 3.05) is 16.4 Å². The summed E-state index contributed by atoms with van der Waals surface area (Å²) in [4.78, 5) is 89.4. The van der Waals surface area contributed by atoms with Crippen molar-refractivity contribution in [2.24, 2.45) is 0 Å². The number of nitrogens with zero attached hydrogens (tertiary/aromatic N) is 2. The van der Waals surface area contributed by atoms with Gasteiger partial charge in [-0.1, -0.05) is 0 Å². The lowest BCUT2D eigenvalue weighted by Gasteiger charge is -2.14. The number of rotatable bonds is 7. The average Bonchev–Trinajstić information content (AvgIpc) is 3.35. The normalized spacial score (nSPS) is 12.7. The van der Waals surface area contributed by atoms with Crippen LogP contribution in [0.5, 0.6) is 5.75 Å². The number of phenols is 1. The Bertz CT molecular complexity index is 2110. The molecule has 0 aliphatic rings. The summed E-state index contributed by atoms with van der Waals surface area (Å²) in [5, 5.41) is 22.9. The fourth-order valence-corrected chi connectivity index (χ4v) is 4.79. The Balaban J connectivity index is 1.46. The van der Waals surface area contributed by atoms with E-state index in [4.69, 9.17) is 5.73 Å². The number of phenolic OH excluding ortho intramolecular Hbond substituents is 1. The maximum absolute atomic E-state index is 13.2.